The Bertz CT molecular complexity index is 532. The maximum atomic E-state index is 11.6. The lowest BCUT2D eigenvalue weighted by atomic mass is 10.1. The highest BCUT2D eigenvalue weighted by Gasteiger charge is 2.08. The summed E-state index contributed by atoms with van der Waals surface area (Å²) in [7, 11) is 0. The van der Waals surface area contributed by atoms with Crippen LogP contribution in [-0.2, 0) is 0 Å². The van der Waals surface area contributed by atoms with E-state index in [2.05, 4.69) is 32.0 Å². The molecular formula is C15H16OS. The number of hydrogen-bond acceptors (Lipinski definition) is 2. The van der Waals surface area contributed by atoms with Crippen molar-refractivity contribution in [3.8, 4) is 10.4 Å². The van der Waals surface area contributed by atoms with Crippen LogP contribution in [0, 0.1) is 13.8 Å². The highest BCUT2D eigenvalue weighted by molar-refractivity contribution is 7.17. The molecule has 1 aromatic heterocycles. The molecule has 0 N–H and O–H groups in total. The van der Waals surface area contributed by atoms with Crippen molar-refractivity contribution in [2.45, 2.75) is 27.2 Å². The summed E-state index contributed by atoms with van der Waals surface area (Å²) in [6.07, 6.45) is 0.576. The van der Waals surface area contributed by atoms with E-state index >= 15 is 0 Å². The zero-order valence-electron chi connectivity index (χ0n) is 10.4. The SMILES string of the molecule is CCC(=O)c1ccc(-c2cc(C)cc(C)c2)s1. The van der Waals surface area contributed by atoms with Crippen molar-refractivity contribution in [3.63, 3.8) is 0 Å². The van der Waals surface area contributed by atoms with Gasteiger partial charge in [-0.25, -0.2) is 0 Å². The van der Waals surface area contributed by atoms with Gasteiger partial charge in [0, 0.05) is 11.3 Å². The van der Waals surface area contributed by atoms with Gasteiger partial charge < -0.3 is 0 Å². The van der Waals surface area contributed by atoms with Gasteiger partial charge in [0.05, 0.1) is 4.88 Å². The van der Waals surface area contributed by atoms with Crippen LogP contribution in [0.15, 0.2) is 30.3 Å². The van der Waals surface area contributed by atoms with Gasteiger partial charge in [0.2, 0.25) is 0 Å². The van der Waals surface area contributed by atoms with Crippen LogP contribution in [0.1, 0.15) is 34.1 Å². The number of hydrogen-bond donors (Lipinski definition) is 0. The predicted octanol–water partition coefficient (Wildman–Crippen LogP) is 4.62. The first-order valence-electron chi connectivity index (χ1n) is 5.82. The molecule has 0 aliphatic rings. The number of ketones is 1. The van der Waals surface area contributed by atoms with Gasteiger partial charge in [-0.3, -0.25) is 4.79 Å². The molecule has 0 bridgehead atoms. The van der Waals surface area contributed by atoms with Crippen LogP contribution in [0.3, 0.4) is 0 Å². The molecular weight excluding hydrogens is 228 g/mol. The van der Waals surface area contributed by atoms with Gasteiger partial charge in [0.1, 0.15) is 0 Å². The molecule has 0 saturated heterocycles. The summed E-state index contributed by atoms with van der Waals surface area (Å²) in [6, 6.07) is 10.5. The Kier molecular flexibility index (Phi) is 3.43. The van der Waals surface area contributed by atoms with Gasteiger partial charge in [-0.1, -0.05) is 36.2 Å². The van der Waals surface area contributed by atoms with Crippen molar-refractivity contribution in [2.24, 2.45) is 0 Å². The normalized spacial score (nSPS) is 10.5. The molecule has 0 saturated carbocycles. The number of rotatable bonds is 3. The Labute approximate surface area is 106 Å². The number of carbonyl (C=O) groups is 1. The van der Waals surface area contributed by atoms with Crippen LogP contribution in [0.4, 0.5) is 0 Å². The monoisotopic (exact) mass is 244 g/mol. The third-order valence-corrected chi connectivity index (χ3v) is 3.88. The van der Waals surface area contributed by atoms with Gasteiger partial charge in [0.25, 0.3) is 0 Å². The predicted molar refractivity (Wildman–Crippen MR) is 73.9 cm³/mol. The molecule has 2 rings (SSSR count). The molecule has 2 heteroatoms. The van der Waals surface area contributed by atoms with Gasteiger partial charge in [0.15, 0.2) is 5.78 Å². The second kappa shape index (κ2) is 4.84. The number of aryl methyl sites for hydroxylation is 2. The standard InChI is InChI=1S/C15H16OS/c1-4-13(16)15-6-5-14(17-15)12-8-10(2)7-11(3)9-12/h5-9H,4H2,1-3H3. The van der Waals surface area contributed by atoms with Crippen LogP contribution in [-0.4, -0.2) is 5.78 Å². The second-order valence-electron chi connectivity index (χ2n) is 4.32. The Hall–Kier alpha value is -1.41. The zero-order valence-corrected chi connectivity index (χ0v) is 11.2. The van der Waals surface area contributed by atoms with E-state index in [9.17, 15) is 4.79 Å². The molecule has 0 aliphatic heterocycles. The van der Waals surface area contributed by atoms with E-state index in [-0.39, 0.29) is 5.78 Å². The molecule has 0 amide bonds. The molecule has 0 fully saturated rings. The highest BCUT2D eigenvalue weighted by atomic mass is 32.1. The first-order valence-corrected chi connectivity index (χ1v) is 6.63. The second-order valence-corrected chi connectivity index (χ2v) is 5.40. The topological polar surface area (TPSA) is 17.1 Å². The highest BCUT2D eigenvalue weighted by Crippen LogP contribution is 2.30. The average Bonchev–Trinajstić information content (AvgIpc) is 2.76. The lowest BCUT2D eigenvalue weighted by molar-refractivity contribution is 0.0992. The van der Waals surface area contributed by atoms with Gasteiger partial charge in [-0.15, -0.1) is 11.3 Å². The van der Waals surface area contributed by atoms with Crippen LogP contribution in [0.2, 0.25) is 0 Å². The quantitative estimate of drug-likeness (QED) is 0.720. The summed E-state index contributed by atoms with van der Waals surface area (Å²) in [5.74, 6) is 0.227. The molecule has 2 aromatic rings. The smallest absolute Gasteiger partial charge is 0.172 e. The van der Waals surface area contributed by atoms with Crippen molar-refractivity contribution >= 4 is 17.1 Å². The number of carbonyl (C=O) groups excluding carboxylic acids is 1. The van der Waals surface area contributed by atoms with Crippen molar-refractivity contribution in [1.29, 1.82) is 0 Å². The maximum absolute atomic E-state index is 11.6. The molecule has 1 heterocycles. The first-order chi connectivity index (χ1) is 8.10. The maximum Gasteiger partial charge on any atom is 0.172 e. The minimum absolute atomic E-state index is 0.227. The first kappa shape index (κ1) is 12.1. The average molecular weight is 244 g/mol. The number of benzene rings is 1. The van der Waals surface area contributed by atoms with E-state index in [1.54, 1.807) is 11.3 Å². The van der Waals surface area contributed by atoms with Gasteiger partial charge in [-0.2, -0.15) is 0 Å². The van der Waals surface area contributed by atoms with Crippen molar-refractivity contribution in [2.75, 3.05) is 0 Å². The van der Waals surface area contributed by atoms with Crippen LogP contribution >= 0.6 is 11.3 Å². The number of Topliss-reactive ketones (excluding diaryl/α,β-unsaturated/α-hetero) is 1. The summed E-state index contributed by atoms with van der Waals surface area (Å²) in [6.45, 7) is 6.10. The third-order valence-electron chi connectivity index (χ3n) is 2.71. The fourth-order valence-corrected chi connectivity index (χ4v) is 2.94. The Balaban J connectivity index is 2.40. The molecule has 1 nitrogen and oxygen atoms in total. The summed E-state index contributed by atoms with van der Waals surface area (Å²) in [5.41, 5.74) is 3.73. The Morgan fingerprint density at radius 2 is 1.76 bits per heavy atom. The third kappa shape index (κ3) is 2.64. The van der Waals surface area contributed by atoms with Crippen molar-refractivity contribution in [1.82, 2.24) is 0 Å². The van der Waals surface area contributed by atoms with E-state index in [4.69, 9.17) is 0 Å². The fourth-order valence-electron chi connectivity index (χ4n) is 1.93. The lowest BCUT2D eigenvalue weighted by Crippen LogP contribution is -1.90. The molecule has 1 aromatic carbocycles. The van der Waals surface area contributed by atoms with E-state index in [1.807, 2.05) is 19.1 Å². The minimum atomic E-state index is 0.227. The van der Waals surface area contributed by atoms with E-state index in [0.717, 1.165) is 4.88 Å². The Morgan fingerprint density at radius 3 is 2.35 bits per heavy atom. The fraction of sp³-hybridized carbons (Fsp3) is 0.267. The molecule has 17 heavy (non-hydrogen) atoms. The molecule has 0 atom stereocenters. The van der Waals surface area contributed by atoms with E-state index < -0.39 is 0 Å². The van der Waals surface area contributed by atoms with Crippen LogP contribution < -0.4 is 0 Å². The van der Waals surface area contributed by atoms with Crippen LogP contribution in [0.25, 0.3) is 10.4 Å². The molecule has 0 radical (unpaired) electrons. The summed E-state index contributed by atoms with van der Waals surface area (Å²) < 4.78 is 0. The largest absolute Gasteiger partial charge is 0.293 e. The zero-order chi connectivity index (χ0) is 12.4. The number of thiophene rings is 1. The van der Waals surface area contributed by atoms with E-state index in [1.165, 1.54) is 21.6 Å². The molecule has 0 unspecified atom stereocenters. The van der Waals surface area contributed by atoms with Crippen LogP contribution in [0.5, 0.6) is 0 Å². The Morgan fingerprint density at radius 1 is 1.12 bits per heavy atom. The molecule has 0 aliphatic carbocycles. The lowest BCUT2D eigenvalue weighted by Gasteiger charge is -2.02. The van der Waals surface area contributed by atoms with Crippen molar-refractivity contribution < 1.29 is 4.79 Å². The minimum Gasteiger partial charge on any atom is -0.293 e. The van der Waals surface area contributed by atoms with E-state index in [0.29, 0.717) is 6.42 Å². The van der Waals surface area contributed by atoms with Gasteiger partial charge in [-0.05, 0) is 31.5 Å². The molecule has 88 valence electrons. The summed E-state index contributed by atoms with van der Waals surface area (Å²) in [4.78, 5) is 13.6. The summed E-state index contributed by atoms with van der Waals surface area (Å²) >= 11 is 1.59. The molecule has 0 spiro atoms. The van der Waals surface area contributed by atoms with Gasteiger partial charge >= 0.3 is 0 Å². The summed E-state index contributed by atoms with van der Waals surface area (Å²) in [5, 5.41) is 0. The van der Waals surface area contributed by atoms with Crippen molar-refractivity contribution in [3.05, 3.63) is 46.3 Å².